The normalized spacial score (nSPS) is 16.8. The largest absolute Gasteiger partial charge is 0.496 e. The number of carbonyl (C=O) groups is 2. The highest BCUT2D eigenvalue weighted by molar-refractivity contribution is 6.16. The number of nitrogens with one attached hydrogen (secondary N) is 3. The number of piperidine rings is 2. The van der Waals surface area contributed by atoms with E-state index in [2.05, 4.69) is 40.4 Å². The van der Waals surface area contributed by atoms with E-state index in [1.54, 1.807) is 20.3 Å². The molecule has 0 atom stereocenters. The van der Waals surface area contributed by atoms with Gasteiger partial charge in [-0.2, -0.15) is 0 Å². The fourth-order valence-electron chi connectivity index (χ4n) is 13.5. The van der Waals surface area contributed by atoms with Crippen LogP contribution in [0.4, 0.5) is 0 Å². The minimum Gasteiger partial charge on any atom is -0.496 e. The van der Waals surface area contributed by atoms with E-state index in [-0.39, 0.29) is 32.6 Å². The Hall–Kier alpha value is -9.40. The van der Waals surface area contributed by atoms with Gasteiger partial charge in [-0.3, -0.25) is 19.4 Å². The van der Waals surface area contributed by atoms with Crippen LogP contribution < -0.4 is 44.2 Å². The summed E-state index contributed by atoms with van der Waals surface area (Å²) in [5.74, 6) is 5.85. The van der Waals surface area contributed by atoms with Gasteiger partial charge in [-0.15, -0.1) is 0 Å². The number of nitrogens with zero attached hydrogens (tertiary/aromatic N) is 8. The summed E-state index contributed by atoms with van der Waals surface area (Å²) in [6.45, 7) is 20.8. The van der Waals surface area contributed by atoms with E-state index in [9.17, 15) is 9.59 Å². The highest BCUT2D eigenvalue weighted by Gasteiger charge is 2.34. The third-order valence-corrected chi connectivity index (χ3v) is 18.4. The molecule has 500 valence electrons. The second-order valence-corrected chi connectivity index (χ2v) is 24.3. The predicted octanol–water partition coefficient (Wildman–Crippen LogP) is 10.5. The first-order chi connectivity index (χ1) is 45.2. The van der Waals surface area contributed by atoms with E-state index in [4.69, 9.17) is 72.4 Å². The first-order valence-electron chi connectivity index (χ1n) is 31.5. The number of H-pyrrole nitrogens is 2. The topological polar surface area (TPSA) is 297 Å². The summed E-state index contributed by atoms with van der Waals surface area (Å²) in [5.41, 5.74) is 17.2. The Labute approximate surface area is 549 Å². The van der Waals surface area contributed by atoms with Crippen molar-refractivity contribution in [3.63, 3.8) is 0 Å². The maximum absolute atomic E-state index is 13.6. The van der Waals surface area contributed by atoms with Gasteiger partial charge in [-0.05, 0) is 116 Å². The van der Waals surface area contributed by atoms with Gasteiger partial charge in [-0.25, -0.2) is 19.9 Å². The Bertz CT molecular complexity index is 4460. The van der Waals surface area contributed by atoms with Gasteiger partial charge in [0.05, 0.1) is 103 Å². The zero-order chi connectivity index (χ0) is 64.2. The van der Waals surface area contributed by atoms with Crippen LogP contribution in [0.3, 0.4) is 0 Å². The lowest BCUT2D eigenvalue weighted by Crippen LogP contribution is -2.54. The molecule has 5 N–H and O–H groups in total. The molecule has 95 heavy (non-hydrogen) atoms. The first kappa shape index (κ1) is 65.7. The summed E-state index contributed by atoms with van der Waals surface area (Å²) in [6, 6.07) is 17.0. The zero-order valence-corrected chi connectivity index (χ0v) is 53.3. The van der Waals surface area contributed by atoms with Crippen LogP contribution in [0.15, 0.2) is 57.6 Å². The molecular weight excluding hydrogens is 1220 g/mol. The number of rotatable bonds is 12. The Kier molecular flexibility index (Phi) is 19.0. The van der Waals surface area contributed by atoms with Gasteiger partial charge in [0, 0.05) is 82.3 Å². The Balaban J connectivity index is 0.000000157. The molecule has 4 fully saturated rings. The lowest BCUT2D eigenvalue weighted by molar-refractivity contribution is -0.120. The second kappa shape index (κ2) is 27.5. The molecule has 25 nitrogen and oxygen atoms in total. The van der Waals surface area contributed by atoms with E-state index in [0.29, 0.717) is 143 Å². The van der Waals surface area contributed by atoms with Crippen LogP contribution in [0.5, 0.6) is 40.2 Å². The average molecular weight is 1300 g/mol. The number of likely N-dealkylation sites (tertiary alicyclic amines) is 2. The molecule has 0 aliphatic carbocycles. The van der Waals surface area contributed by atoms with Gasteiger partial charge < -0.3 is 72.7 Å². The number of amides is 1. The molecule has 0 saturated carbocycles. The molecule has 16 rings (SSSR count). The molecule has 0 radical (unpaired) electrons. The lowest BCUT2D eigenvalue weighted by Gasteiger charge is -2.41. The number of ether oxygens (including phenoxy) is 9. The summed E-state index contributed by atoms with van der Waals surface area (Å²) in [7, 11) is 3.28. The number of hydrogen-bond donors (Lipinski definition) is 4. The Morgan fingerprint density at radius 2 is 1.03 bits per heavy atom. The van der Waals surface area contributed by atoms with Crippen molar-refractivity contribution in [2.45, 2.75) is 106 Å². The number of nitrogens with two attached hydrogens (primary N) is 1. The van der Waals surface area contributed by atoms with E-state index in [1.807, 2.05) is 84.0 Å². The Morgan fingerprint density at radius 1 is 0.579 bits per heavy atom. The molecule has 12 heterocycles. The van der Waals surface area contributed by atoms with Crippen molar-refractivity contribution < 1.29 is 61.3 Å². The number of hydrogen-bond acceptors (Lipinski definition) is 22. The van der Waals surface area contributed by atoms with Gasteiger partial charge >= 0.3 is 0 Å². The van der Waals surface area contributed by atoms with Crippen LogP contribution in [0.1, 0.15) is 85.5 Å². The summed E-state index contributed by atoms with van der Waals surface area (Å²) in [5, 5.41) is 14.9. The predicted molar refractivity (Wildman–Crippen MR) is 358 cm³/mol. The summed E-state index contributed by atoms with van der Waals surface area (Å²) in [4.78, 5) is 55.6. The van der Waals surface area contributed by atoms with E-state index < -0.39 is 0 Å². The molecule has 0 unspecified atom stereocenters. The quantitative estimate of drug-likeness (QED) is 0.0827. The standard InChI is InChI=1S/C34H36N6O6.C26H22N4O6.C8H16N2O.2CH4/c1-17-28(18(2)46-39-17)25-13-26-24(14-27(25)42-4)29-30(35-19(3)36-33(29)38-26)22-5-6-23(32-31(22)44-11-12-45-32)34(41)37-20-7-9-40(10-8-20)21-15-43-16-21;1-12-21(13(2)36-30-12)17-9-18-16(10-20(17)32-4)22-23(27-14(3)28-26(22)29-18)15-5-6-19(35-11-31)25-24(15)33-7-8-34-25;9-7-1-3-10(4-2-7)8-5-11-6-8;;/h5-6,13-14,20-21H,7-12,15-16H2,1-4H3,(H,37,41)(H,35,36,38);5-6,9-11H,7-8H2,1-4H3,(H,27,28,29);7-8H,1-6,9H2;2*1H4. The van der Waals surface area contributed by atoms with Crippen LogP contribution in [0.2, 0.25) is 0 Å². The molecule has 0 spiro atoms. The number of carbonyl (C=O) groups excluding carboxylic acids is 2. The van der Waals surface area contributed by atoms with Crippen molar-refractivity contribution in [2.75, 3.05) is 93.3 Å². The SMILES string of the molecule is C.C.COc1cc2c(cc1-c1c(C)noc1C)[nH]c1nc(C)nc(-c3ccc(C(=O)NC4CCN(C5COC5)CC4)c4c3OCCO4)c12.COc1cc2c(cc1-c1c(C)noc1C)[nH]c1nc(C)nc(-c3ccc(OC=O)c4c3OCCO4)c12.NC1CCN(C2COC2)CC1. The monoisotopic (exact) mass is 1300 g/mol. The highest BCUT2D eigenvalue weighted by Crippen LogP contribution is 2.50. The fraction of sp³-hybridized carbons (Fsp3) is 0.429. The third-order valence-electron chi connectivity index (χ3n) is 18.4. The molecule has 10 aromatic rings. The summed E-state index contributed by atoms with van der Waals surface area (Å²) >= 11 is 0. The first-order valence-corrected chi connectivity index (χ1v) is 31.5. The minimum atomic E-state index is -0.161. The molecule has 4 saturated heterocycles. The maximum atomic E-state index is 13.6. The van der Waals surface area contributed by atoms with Gasteiger partial charge in [0.15, 0.2) is 23.0 Å². The van der Waals surface area contributed by atoms with Crippen molar-refractivity contribution in [1.29, 1.82) is 0 Å². The van der Waals surface area contributed by atoms with Crippen molar-refractivity contribution in [2.24, 2.45) is 5.73 Å². The minimum absolute atomic E-state index is 0. The van der Waals surface area contributed by atoms with E-state index in [0.717, 1.165) is 137 Å². The molecule has 1 amide bonds. The number of aromatic amines is 2. The van der Waals surface area contributed by atoms with Crippen molar-refractivity contribution in [1.82, 2.24) is 55.3 Å². The third kappa shape index (κ3) is 12.4. The molecule has 4 aromatic carbocycles. The summed E-state index contributed by atoms with van der Waals surface area (Å²) < 4.78 is 62.3. The van der Waals surface area contributed by atoms with Crippen molar-refractivity contribution >= 4 is 56.3 Å². The van der Waals surface area contributed by atoms with Crippen LogP contribution in [0, 0.1) is 41.5 Å². The van der Waals surface area contributed by atoms with E-state index >= 15 is 0 Å². The second-order valence-electron chi connectivity index (χ2n) is 24.3. The molecule has 6 aromatic heterocycles. The van der Waals surface area contributed by atoms with Gasteiger partial charge in [0.2, 0.25) is 5.75 Å². The van der Waals surface area contributed by atoms with Crippen molar-refractivity contribution in [3.8, 4) is 85.0 Å². The van der Waals surface area contributed by atoms with Crippen molar-refractivity contribution in [3.05, 3.63) is 88.7 Å². The smallest absolute Gasteiger partial charge is 0.298 e. The van der Waals surface area contributed by atoms with Crippen LogP contribution in [-0.4, -0.2) is 180 Å². The molecule has 0 bridgehead atoms. The zero-order valence-electron chi connectivity index (χ0n) is 53.3. The molecule has 25 heteroatoms. The summed E-state index contributed by atoms with van der Waals surface area (Å²) in [6.07, 6.45) is 4.13. The fourth-order valence-corrected chi connectivity index (χ4v) is 13.5. The van der Waals surface area contributed by atoms with E-state index in [1.165, 1.54) is 13.1 Å². The number of methoxy groups -OCH3 is 2. The number of aromatic nitrogens is 8. The number of aryl methyl sites for hydroxylation is 6. The van der Waals surface area contributed by atoms with Gasteiger partial charge in [-0.1, -0.05) is 25.2 Å². The maximum Gasteiger partial charge on any atom is 0.298 e. The van der Waals surface area contributed by atoms with Gasteiger partial charge in [0.1, 0.15) is 72.4 Å². The number of fused-ring (bicyclic) bond motifs is 8. The Morgan fingerprint density at radius 3 is 1.47 bits per heavy atom. The highest BCUT2D eigenvalue weighted by atomic mass is 16.6. The lowest BCUT2D eigenvalue weighted by atomic mass is 9.98. The van der Waals surface area contributed by atoms with Crippen LogP contribution in [-0.2, 0) is 14.3 Å². The van der Waals surface area contributed by atoms with Crippen LogP contribution in [0.25, 0.3) is 88.6 Å². The molecule has 6 aliphatic heterocycles. The molecule has 6 aliphatic rings. The van der Waals surface area contributed by atoms with Crippen LogP contribution >= 0.6 is 0 Å². The van der Waals surface area contributed by atoms with Gasteiger partial charge in [0.25, 0.3) is 12.4 Å². The molecular formula is C70H82N12O13. The average Bonchev–Trinajstić information content (AvgIpc) is 1.62. The number of benzene rings is 4.